The molecular formula is C63H68BBrN11NaO21Re2S3. The van der Waals surface area contributed by atoms with Gasteiger partial charge in [0.2, 0.25) is 30.1 Å². The van der Waals surface area contributed by atoms with E-state index in [-0.39, 0.29) is 84.0 Å². The van der Waals surface area contributed by atoms with Crippen molar-refractivity contribution in [3.63, 3.8) is 0 Å². The summed E-state index contributed by atoms with van der Waals surface area (Å²) >= 11 is 4.53. The normalized spacial score (nSPS) is 8.88. The number of nitrogens with two attached hydrogens (primary N) is 4. The number of rotatable bonds is 17. The summed E-state index contributed by atoms with van der Waals surface area (Å²) in [6, 6.07) is 47.9. The Hall–Kier alpha value is -7.67. The Bertz CT molecular complexity index is 3640. The molecule has 0 atom stereocenters. The van der Waals surface area contributed by atoms with E-state index in [4.69, 9.17) is 59.0 Å². The summed E-state index contributed by atoms with van der Waals surface area (Å²) in [5.74, 6) is -2.36. The van der Waals surface area contributed by atoms with Crippen LogP contribution in [0.1, 0.15) is 70.7 Å². The summed E-state index contributed by atoms with van der Waals surface area (Å²) in [5.41, 5.74) is 12.5. The predicted molar refractivity (Wildman–Crippen MR) is 354 cm³/mol. The zero-order valence-electron chi connectivity index (χ0n) is 55.1. The van der Waals surface area contributed by atoms with Crippen LogP contribution in [0.15, 0.2) is 209 Å². The number of sulfonamides is 3. The maximum Gasteiger partial charge on any atom is 1.00 e. The molecule has 8 rings (SSSR count). The molecule has 0 saturated heterocycles. The third-order valence-electron chi connectivity index (χ3n) is 10.3. The maximum absolute atomic E-state index is 11.4. The monoisotopic (exact) mass is 1900 g/mol. The van der Waals surface area contributed by atoms with Gasteiger partial charge >= 0.3 is 140 Å². The number of carboxylic acid groups (broad SMARTS) is 1. The number of carbonyl (C=O) groups excluding carboxylic acids is 4. The molecular weight excluding hydrogens is 1830 g/mol. The Morgan fingerprint density at radius 2 is 0.660 bits per heavy atom. The molecule has 0 aliphatic rings. The fourth-order valence-corrected chi connectivity index (χ4v) is 8.23. The number of nitrogens with zero attached hydrogens (tertiary/aromatic N) is 7. The fourth-order valence-electron chi connectivity index (χ4n) is 6.68. The van der Waals surface area contributed by atoms with Gasteiger partial charge in [0.25, 0.3) is 0 Å². The molecule has 32 nitrogen and oxygen atoms in total. The van der Waals surface area contributed by atoms with Crippen molar-refractivity contribution in [3.05, 3.63) is 280 Å². The number of primary sulfonamides is 3. The molecule has 5 heterocycles. The van der Waals surface area contributed by atoms with E-state index in [0.29, 0.717) is 51.5 Å². The van der Waals surface area contributed by atoms with Crippen LogP contribution >= 0.6 is 13.4 Å². The van der Waals surface area contributed by atoms with Crippen molar-refractivity contribution in [3.8, 4) is 0 Å². The van der Waals surface area contributed by atoms with Crippen LogP contribution in [-0.2, 0) is 166 Å². The topological polar surface area (TPSA) is 570 Å². The van der Waals surface area contributed by atoms with Gasteiger partial charge in [-0.3, -0.25) is 39.5 Å². The van der Waals surface area contributed by atoms with Gasteiger partial charge in [0.1, 0.15) is 5.69 Å². The van der Waals surface area contributed by atoms with E-state index in [9.17, 15) is 39.6 Å². The Balaban J connectivity index is -0.000000130. The van der Waals surface area contributed by atoms with Gasteiger partial charge in [-0.2, -0.15) is 0 Å². The summed E-state index contributed by atoms with van der Waals surface area (Å²) in [6.07, 6.45) is 9.40. The molecule has 0 saturated carbocycles. The van der Waals surface area contributed by atoms with Crippen LogP contribution in [-0.4, -0.2) is 104 Å². The zero-order chi connectivity index (χ0) is 76.0. The summed E-state index contributed by atoms with van der Waals surface area (Å²) in [6.45, 7) is 34.6. The van der Waals surface area contributed by atoms with E-state index in [1.54, 1.807) is 85.6 Å². The molecule has 544 valence electrons. The molecule has 5 aromatic heterocycles. The van der Waals surface area contributed by atoms with Gasteiger partial charge in [-0.05, 0) is 121 Å². The van der Waals surface area contributed by atoms with Crippen LogP contribution in [0, 0.1) is 39.9 Å². The van der Waals surface area contributed by atoms with E-state index in [1.165, 1.54) is 53.6 Å². The van der Waals surface area contributed by atoms with Gasteiger partial charge < -0.3 is 26.6 Å². The van der Waals surface area contributed by atoms with Crippen LogP contribution in [0.3, 0.4) is 0 Å². The van der Waals surface area contributed by atoms with Crippen molar-refractivity contribution in [2.75, 3.05) is 0 Å². The molecule has 0 unspecified atom stereocenters. The second kappa shape index (κ2) is 74.1. The zero-order valence-corrected chi connectivity index (χ0v) is 66.6. The molecule has 40 heteroatoms. The van der Waals surface area contributed by atoms with E-state index in [2.05, 4.69) is 97.8 Å². The average Bonchev–Trinajstić information content (AvgIpc) is 0.861. The van der Waals surface area contributed by atoms with E-state index < -0.39 is 48.0 Å². The number of benzene rings is 3. The minimum Gasteiger partial charge on any atom is 0 e. The van der Waals surface area contributed by atoms with Gasteiger partial charge in [-0.1, -0.05) is 66.7 Å². The van der Waals surface area contributed by atoms with Gasteiger partial charge in [-0.15, -0.1) is 0 Å². The number of aromatic nitrogens is 5. The molecule has 0 fully saturated rings. The Kier molecular flexibility index (Phi) is 83.8. The number of carboxylic acids is 1. The summed E-state index contributed by atoms with van der Waals surface area (Å²) < 4.78 is 112. The SMILES string of the molecule is CC(=O)OOC(C)=O.CC(=O)[O-].NCc1ccc(S(N)(=O)=O)cc1.NS(=O)(=O)c1ccc(CN(Cc2ccccn2)Cc2ccccn2)cc1.NS(=O)(=O)c1ccc(CN(Cc2ccccn2)Cc2ccccn2)cc1.O.O.O=Cc1ccccn1.[B].[Br][Re].[C-]#[O+].[C-]#[O+].[C-]#[O+].[C-]#[O+].[C-]#[O+].[C-]#[O+].[Na+].[Re]. The number of carbonyl (C=O) groups is 4. The number of hydrogen-bond acceptors (Lipinski definition) is 21. The summed E-state index contributed by atoms with van der Waals surface area (Å²) in [4.78, 5) is 72.2. The van der Waals surface area contributed by atoms with Crippen molar-refractivity contribution in [1.29, 1.82) is 0 Å². The van der Waals surface area contributed by atoms with Crippen LogP contribution in [0.25, 0.3) is 0 Å². The molecule has 0 bridgehead atoms. The number of aliphatic carboxylic acids is 1. The second-order valence-electron chi connectivity index (χ2n) is 17.4. The van der Waals surface area contributed by atoms with E-state index in [1.807, 2.05) is 72.8 Å². The molecule has 0 amide bonds. The molecule has 12 N–H and O–H groups in total. The van der Waals surface area contributed by atoms with Crippen LogP contribution < -0.4 is 55.8 Å². The van der Waals surface area contributed by atoms with Crippen LogP contribution in [0.2, 0.25) is 0 Å². The van der Waals surface area contributed by atoms with E-state index >= 15 is 0 Å². The maximum atomic E-state index is 11.4. The Labute approximate surface area is 652 Å². The first-order valence-electron chi connectivity index (χ1n) is 26.2. The first kappa shape index (κ1) is 116. The number of aldehydes is 1. The molecule has 4 radical (unpaired) electrons. The third kappa shape index (κ3) is 62.6. The van der Waals surface area contributed by atoms with Crippen molar-refractivity contribution >= 4 is 76.1 Å². The smallest absolute Gasteiger partial charge is 0 e. The van der Waals surface area contributed by atoms with Gasteiger partial charge in [0.05, 0.1) is 37.5 Å². The van der Waals surface area contributed by atoms with Gasteiger partial charge in [0, 0.05) is 125 Å². The molecule has 0 spiro atoms. The number of hydrogen-bond donors (Lipinski definition) is 4. The first-order chi connectivity index (χ1) is 46.8. The Morgan fingerprint density at radius 3 is 0.816 bits per heavy atom. The van der Waals surface area contributed by atoms with Gasteiger partial charge in [-0.25, -0.2) is 60.0 Å². The number of pyridine rings is 5. The summed E-state index contributed by atoms with van der Waals surface area (Å²) in [7, 11) is -10.9. The molecule has 103 heavy (non-hydrogen) atoms. The van der Waals surface area contributed by atoms with Crippen LogP contribution in [0.5, 0.6) is 0 Å². The molecule has 8 aromatic rings. The molecule has 0 aliphatic carbocycles. The first-order valence-corrected chi connectivity index (χ1v) is 36.8. The molecule has 3 aromatic carbocycles. The van der Waals surface area contributed by atoms with Crippen molar-refractivity contribution < 1.29 is 165 Å². The standard InChI is InChI=1S/2C19H20N4O2S.C7H10N2O2S.C6H5NO.C4H6O4.C2H4O2.6CO.B.BrH.Na.2H2O.2Re/c2*20-26(24,25)19-9-7-16(8-10-19)13-23(14-17-5-1-3-11-21-17)15-18-6-2-4-12-22-18;8-5-6-1-3-7(4-2-6)12(9,10)11;8-5-6-3-1-2-4-7-6;1-3(5)7-8-4(2)6;1-2(3)4;6*1-2;;;;;;;/h2*1-12H,13-15H2,(H2,20,24,25);1-4H,5,8H2,(H2,9,10,11);1-5H;1-2H3;1H3,(H,3,4);;;;;;;;1H;;2*1H2;;/q;;;;;;;;;;;;;;+1;;;;+1/p-2. The van der Waals surface area contributed by atoms with Crippen LogP contribution in [0.4, 0.5) is 0 Å². The van der Waals surface area contributed by atoms with Crippen molar-refractivity contribution in [1.82, 2.24) is 34.7 Å². The quantitative estimate of drug-likeness (QED) is 0.0227. The fraction of sp³-hybridized carbons (Fsp3) is 0.159. The predicted octanol–water partition coefficient (Wildman–Crippen LogP) is -0.287. The Morgan fingerprint density at radius 1 is 0.447 bits per heavy atom. The third-order valence-corrected chi connectivity index (χ3v) is 13.1. The van der Waals surface area contributed by atoms with Crippen molar-refractivity contribution in [2.24, 2.45) is 21.2 Å². The van der Waals surface area contributed by atoms with E-state index in [0.717, 1.165) is 66.5 Å². The average molecular weight is 1900 g/mol. The minimum absolute atomic E-state index is 0. The minimum atomic E-state index is -3.68. The summed E-state index contributed by atoms with van der Waals surface area (Å²) in [5, 5.41) is 24.1. The second-order valence-corrected chi connectivity index (χ2v) is 22.0. The van der Waals surface area contributed by atoms with Crippen molar-refractivity contribution in [2.45, 2.75) is 81.3 Å². The number of halogens is 1. The molecule has 0 aliphatic heterocycles. The van der Waals surface area contributed by atoms with Gasteiger partial charge in [0.15, 0.2) is 6.29 Å². The largest absolute Gasteiger partial charge is 1.00 e.